The largest absolute Gasteiger partial charge is 0.573 e. The monoisotopic (exact) mass is 389 g/mol. The van der Waals surface area contributed by atoms with Gasteiger partial charge >= 0.3 is 6.36 Å². The molecular formula is C20H18F3N3O2. The van der Waals surface area contributed by atoms with Crippen LogP contribution >= 0.6 is 0 Å². The first-order valence-corrected chi connectivity index (χ1v) is 8.48. The summed E-state index contributed by atoms with van der Waals surface area (Å²) in [5.41, 5.74) is 2.83. The Hall–Kier alpha value is -3.29. The number of benzene rings is 2. The molecule has 0 fully saturated rings. The fourth-order valence-electron chi connectivity index (χ4n) is 2.90. The number of carbonyl (C=O) groups excluding carboxylic acids is 1. The number of alkyl halides is 3. The van der Waals surface area contributed by atoms with Gasteiger partial charge in [-0.1, -0.05) is 36.4 Å². The van der Waals surface area contributed by atoms with Crippen molar-refractivity contribution < 1.29 is 22.7 Å². The number of rotatable bonds is 5. The zero-order chi connectivity index (χ0) is 20.3. The van der Waals surface area contributed by atoms with E-state index in [1.54, 1.807) is 18.5 Å². The van der Waals surface area contributed by atoms with Gasteiger partial charge in [-0.05, 0) is 31.5 Å². The molecule has 0 aliphatic heterocycles. The molecule has 3 rings (SSSR count). The zero-order valence-corrected chi connectivity index (χ0v) is 15.2. The van der Waals surface area contributed by atoms with Gasteiger partial charge in [0.2, 0.25) is 0 Å². The minimum atomic E-state index is -4.80. The Morgan fingerprint density at radius 2 is 1.82 bits per heavy atom. The third-order valence-electron chi connectivity index (χ3n) is 4.11. The molecule has 0 saturated heterocycles. The molecule has 0 bridgehead atoms. The molecule has 0 spiro atoms. The normalized spacial score (nSPS) is 11.3. The van der Waals surface area contributed by atoms with E-state index in [2.05, 4.69) is 15.2 Å². The number of nitrogens with one attached hydrogen (secondary N) is 1. The van der Waals surface area contributed by atoms with Gasteiger partial charge in [-0.15, -0.1) is 13.2 Å². The number of hydrogen-bond acceptors (Lipinski definition) is 3. The van der Waals surface area contributed by atoms with Gasteiger partial charge in [-0.25, -0.2) is 0 Å². The van der Waals surface area contributed by atoms with Crippen LogP contribution in [0.1, 0.15) is 27.3 Å². The average molecular weight is 389 g/mol. The van der Waals surface area contributed by atoms with Gasteiger partial charge in [0.05, 0.1) is 17.8 Å². The highest BCUT2D eigenvalue weighted by Crippen LogP contribution is 2.25. The Labute approximate surface area is 159 Å². The van der Waals surface area contributed by atoms with Crippen molar-refractivity contribution in [1.29, 1.82) is 0 Å². The molecule has 0 unspecified atom stereocenters. The smallest absolute Gasteiger partial charge is 0.406 e. The van der Waals surface area contributed by atoms with Crippen LogP contribution < -0.4 is 10.1 Å². The van der Waals surface area contributed by atoms with Crippen LogP contribution in [-0.4, -0.2) is 22.1 Å². The van der Waals surface area contributed by atoms with E-state index in [1.165, 1.54) is 12.1 Å². The van der Waals surface area contributed by atoms with Gasteiger partial charge in [0, 0.05) is 17.4 Å². The van der Waals surface area contributed by atoms with E-state index < -0.39 is 18.0 Å². The lowest BCUT2D eigenvalue weighted by molar-refractivity contribution is -0.274. The Morgan fingerprint density at radius 1 is 1.11 bits per heavy atom. The molecule has 1 N–H and O–H groups in total. The van der Waals surface area contributed by atoms with E-state index in [1.807, 2.05) is 30.3 Å². The van der Waals surface area contributed by atoms with Crippen molar-refractivity contribution in [2.24, 2.45) is 0 Å². The summed E-state index contributed by atoms with van der Waals surface area (Å²) in [7, 11) is 0. The van der Waals surface area contributed by atoms with Crippen molar-refractivity contribution in [3.63, 3.8) is 0 Å². The van der Waals surface area contributed by atoms with E-state index >= 15 is 0 Å². The van der Waals surface area contributed by atoms with E-state index in [9.17, 15) is 18.0 Å². The maximum atomic E-state index is 12.7. The summed E-state index contributed by atoms with van der Waals surface area (Å²) in [4.78, 5) is 12.7. The summed E-state index contributed by atoms with van der Waals surface area (Å²) < 4.78 is 42.7. The number of halogens is 3. The summed E-state index contributed by atoms with van der Waals surface area (Å²) in [5, 5.41) is 7.02. The standard InChI is InChI=1S/C20H18F3N3O2/c1-13-18(14(2)26(25-13)12-15-7-4-3-5-8-15)19(27)24-16-9-6-10-17(11-16)28-20(21,22)23/h3-11H,12H2,1-2H3,(H,24,27). The number of aromatic nitrogens is 2. The Balaban J connectivity index is 1.79. The maximum absolute atomic E-state index is 12.7. The summed E-state index contributed by atoms with van der Waals surface area (Å²) >= 11 is 0. The second-order valence-electron chi connectivity index (χ2n) is 6.22. The third-order valence-corrected chi connectivity index (χ3v) is 4.11. The fraction of sp³-hybridized carbons (Fsp3) is 0.200. The predicted octanol–water partition coefficient (Wildman–Crippen LogP) is 4.70. The van der Waals surface area contributed by atoms with Crippen molar-refractivity contribution in [3.8, 4) is 5.75 Å². The highest BCUT2D eigenvalue weighted by molar-refractivity contribution is 6.05. The molecule has 0 radical (unpaired) electrons. The summed E-state index contributed by atoms with van der Waals surface area (Å²) in [6, 6.07) is 14.8. The number of amides is 1. The topological polar surface area (TPSA) is 56.2 Å². The van der Waals surface area contributed by atoms with Crippen molar-refractivity contribution in [2.75, 3.05) is 5.32 Å². The van der Waals surface area contributed by atoms with Crippen molar-refractivity contribution in [1.82, 2.24) is 9.78 Å². The van der Waals surface area contributed by atoms with Gasteiger partial charge < -0.3 is 10.1 Å². The molecule has 0 aliphatic rings. The van der Waals surface area contributed by atoms with Crippen LogP contribution in [0.3, 0.4) is 0 Å². The summed E-state index contributed by atoms with van der Waals surface area (Å²) in [6.07, 6.45) is -4.80. The molecule has 0 aliphatic carbocycles. The van der Waals surface area contributed by atoms with Crippen LogP contribution in [0.2, 0.25) is 0 Å². The van der Waals surface area contributed by atoms with Crippen LogP contribution in [0.4, 0.5) is 18.9 Å². The van der Waals surface area contributed by atoms with Gasteiger partial charge in [0.25, 0.3) is 5.91 Å². The highest BCUT2D eigenvalue weighted by Gasteiger charge is 2.31. The fourth-order valence-corrected chi connectivity index (χ4v) is 2.90. The van der Waals surface area contributed by atoms with Gasteiger partial charge in [0.15, 0.2) is 0 Å². The molecule has 1 heterocycles. The summed E-state index contributed by atoms with van der Waals surface area (Å²) in [6.45, 7) is 4.00. The number of nitrogens with zero attached hydrogens (tertiary/aromatic N) is 2. The lowest BCUT2D eigenvalue weighted by Gasteiger charge is -2.11. The van der Waals surface area contributed by atoms with E-state index in [-0.39, 0.29) is 5.69 Å². The van der Waals surface area contributed by atoms with Crippen molar-refractivity contribution in [3.05, 3.63) is 77.1 Å². The van der Waals surface area contributed by atoms with Crippen molar-refractivity contribution >= 4 is 11.6 Å². The highest BCUT2D eigenvalue weighted by atomic mass is 19.4. The molecular weight excluding hydrogens is 371 g/mol. The zero-order valence-electron chi connectivity index (χ0n) is 15.2. The quantitative estimate of drug-likeness (QED) is 0.688. The van der Waals surface area contributed by atoms with Crippen LogP contribution in [0.25, 0.3) is 0 Å². The SMILES string of the molecule is Cc1nn(Cc2ccccc2)c(C)c1C(=O)Nc1cccc(OC(F)(F)F)c1. The molecule has 146 valence electrons. The Morgan fingerprint density at radius 3 is 2.50 bits per heavy atom. The van der Waals surface area contributed by atoms with E-state index in [0.717, 1.165) is 17.7 Å². The lowest BCUT2D eigenvalue weighted by atomic mass is 10.1. The van der Waals surface area contributed by atoms with Crippen LogP contribution in [0, 0.1) is 13.8 Å². The molecule has 0 saturated carbocycles. The molecule has 2 aromatic carbocycles. The minimum Gasteiger partial charge on any atom is -0.406 e. The second kappa shape index (κ2) is 7.75. The summed E-state index contributed by atoms with van der Waals surface area (Å²) in [5.74, 6) is -0.850. The lowest BCUT2D eigenvalue weighted by Crippen LogP contribution is -2.18. The van der Waals surface area contributed by atoms with Gasteiger partial charge in [-0.2, -0.15) is 5.10 Å². The molecule has 0 atom stereocenters. The van der Waals surface area contributed by atoms with E-state index in [0.29, 0.717) is 23.5 Å². The number of carbonyl (C=O) groups is 1. The van der Waals surface area contributed by atoms with Crippen LogP contribution in [-0.2, 0) is 6.54 Å². The third kappa shape index (κ3) is 4.70. The molecule has 28 heavy (non-hydrogen) atoms. The van der Waals surface area contributed by atoms with Crippen LogP contribution in [0.5, 0.6) is 5.75 Å². The van der Waals surface area contributed by atoms with Crippen LogP contribution in [0.15, 0.2) is 54.6 Å². The van der Waals surface area contributed by atoms with E-state index in [4.69, 9.17) is 0 Å². The Bertz CT molecular complexity index is 982. The van der Waals surface area contributed by atoms with Gasteiger partial charge in [0.1, 0.15) is 5.75 Å². The number of aryl methyl sites for hydroxylation is 1. The van der Waals surface area contributed by atoms with Crippen molar-refractivity contribution in [2.45, 2.75) is 26.8 Å². The first-order chi connectivity index (χ1) is 13.2. The maximum Gasteiger partial charge on any atom is 0.573 e. The Kier molecular flexibility index (Phi) is 5.39. The molecule has 3 aromatic rings. The minimum absolute atomic E-state index is 0.196. The number of anilines is 1. The average Bonchev–Trinajstić information content (AvgIpc) is 2.88. The predicted molar refractivity (Wildman–Crippen MR) is 98.3 cm³/mol. The second-order valence-corrected chi connectivity index (χ2v) is 6.22. The number of hydrogen-bond donors (Lipinski definition) is 1. The first kappa shape index (κ1) is 19.5. The molecule has 5 nitrogen and oxygen atoms in total. The van der Waals surface area contributed by atoms with Gasteiger partial charge in [-0.3, -0.25) is 9.48 Å². The first-order valence-electron chi connectivity index (χ1n) is 8.48. The molecule has 1 amide bonds. The number of ether oxygens (including phenoxy) is 1. The molecule has 1 aromatic heterocycles. The molecule has 8 heteroatoms.